The number of aliphatic carboxylic acids is 1. The molecule has 0 aromatic carbocycles. The molecule has 1 unspecified atom stereocenters. The Kier molecular flexibility index (Phi) is 7.54. The molecule has 1 aliphatic rings. The van der Waals surface area contributed by atoms with Crippen LogP contribution in [0.5, 0.6) is 0 Å². The predicted molar refractivity (Wildman–Crippen MR) is 75.3 cm³/mol. The Morgan fingerprint density at radius 2 is 2.05 bits per heavy atom. The molecule has 0 saturated carbocycles. The maximum absolute atomic E-state index is 12.1. The fourth-order valence-corrected chi connectivity index (χ4v) is 2.58. The number of methoxy groups -OCH3 is 1. The number of piperidine rings is 1. The topological polar surface area (TPSA) is 92.9 Å². The molecule has 1 atom stereocenters. The third-order valence-corrected chi connectivity index (χ3v) is 3.87. The molecule has 1 fully saturated rings. The number of amides is 1. The van der Waals surface area contributed by atoms with Crippen LogP contribution < -0.4 is 5.73 Å². The highest BCUT2D eigenvalue weighted by atomic mass is 16.5. The predicted octanol–water partition coefficient (Wildman–Crippen LogP) is 0.844. The fourth-order valence-electron chi connectivity index (χ4n) is 2.58. The molecule has 0 radical (unpaired) electrons. The van der Waals surface area contributed by atoms with Crippen molar-refractivity contribution >= 4 is 11.9 Å². The van der Waals surface area contributed by atoms with E-state index in [2.05, 4.69) is 0 Å². The number of hydrogen-bond donors (Lipinski definition) is 2. The standard InChI is InChI=1S/C14H26N2O4/c1-20-10-2-3-12(15)14(19)16-8-6-11(7-9-16)4-5-13(17)18/h11-12H,2-10,15H2,1H3,(H,17,18). The lowest BCUT2D eigenvalue weighted by atomic mass is 9.92. The van der Waals surface area contributed by atoms with Gasteiger partial charge in [-0.15, -0.1) is 0 Å². The summed E-state index contributed by atoms with van der Waals surface area (Å²) in [5.74, 6) is -0.318. The van der Waals surface area contributed by atoms with E-state index in [0.29, 0.717) is 38.5 Å². The van der Waals surface area contributed by atoms with E-state index in [1.165, 1.54) is 0 Å². The van der Waals surface area contributed by atoms with Crippen LogP contribution in [-0.4, -0.2) is 54.7 Å². The molecule has 0 aromatic heterocycles. The lowest BCUT2D eigenvalue weighted by Gasteiger charge is -2.33. The van der Waals surface area contributed by atoms with Crippen molar-refractivity contribution in [3.05, 3.63) is 0 Å². The Morgan fingerprint density at radius 3 is 2.60 bits per heavy atom. The van der Waals surface area contributed by atoms with Gasteiger partial charge in [-0.2, -0.15) is 0 Å². The van der Waals surface area contributed by atoms with Gasteiger partial charge in [0.25, 0.3) is 0 Å². The zero-order chi connectivity index (χ0) is 15.0. The van der Waals surface area contributed by atoms with Crippen molar-refractivity contribution in [3.63, 3.8) is 0 Å². The van der Waals surface area contributed by atoms with Crippen molar-refractivity contribution in [3.8, 4) is 0 Å². The summed E-state index contributed by atoms with van der Waals surface area (Å²) in [5, 5.41) is 8.67. The monoisotopic (exact) mass is 286 g/mol. The molecule has 1 heterocycles. The summed E-state index contributed by atoms with van der Waals surface area (Å²) in [7, 11) is 1.63. The first-order chi connectivity index (χ1) is 9.54. The highest BCUT2D eigenvalue weighted by Gasteiger charge is 2.26. The van der Waals surface area contributed by atoms with Gasteiger partial charge in [-0.05, 0) is 38.0 Å². The fraction of sp³-hybridized carbons (Fsp3) is 0.857. The number of nitrogens with two attached hydrogens (primary N) is 1. The van der Waals surface area contributed by atoms with E-state index in [9.17, 15) is 9.59 Å². The SMILES string of the molecule is COCCCC(N)C(=O)N1CCC(CCC(=O)O)CC1. The van der Waals surface area contributed by atoms with Gasteiger partial charge in [-0.3, -0.25) is 9.59 Å². The van der Waals surface area contributed by atoms with Crippen molar-refractivity contribution in [2.45, 2.75) is 44.6 Å². The lowest BCUT2D eigenvalue weighted by Crippen LogP contribution is -2.47. The highest BCUT2D eigenvalue weighted by Crippen LogP contribution is 2.22. The van der Waals surface area contributed by atoms with Crippen LogP contribution in [0.3, 0.4) is 0 Å². The molecule has 1 amide bonds. The maximum Gasteiger partial charge on any atom is 0.303 e. The van der Waals surface area contributed by atoms with E-state index in [1.807, 2.05) is 4.90 Å². The molecule has 1 aliphatic heterocycles. The third-order valence-electron chi connectivity index (χ3n) is 3.87. The van der Waals surface area contributed by atoms with Gasteiger partial charge >= 0.3 is 5.97 Å². The van der Waals surface area contributed by atoms with Gasteiger partial charge < -0.3 is 20.5 Å². The van der Waals surface area contributed by atoms with Gasteiger partial charge in [-0.25, -0.2) is 0 Å². The third kappa shape index (κ3) is 5.88. The first-order valence-electron chi connectivity index (χ1n) is 7.29. The van der Waals surface area contributed by atoms with Gasteiger partial charge in [-0.1, -0.05) is 0 Å². The van der Waals surface area contributed by atoms with Gasteiger partial charge in [0.1, 0.15) is 0 Å². The Labute approximate surface area is 120 Å². The number of hydrogen-bond acceptors (Lipinski definition) is 4. The quantitative estimate of drug-likeness (QED) is 0.645. The van der Waals surface area contributed by atoms with Crippen LogP contribution in [0.2, 0.25) is 0 Å². The smallest absolute Gasteiger partial charge is 0.303 e. The Hall–Kier alpha value is -1.14. The van der Waals surface area contributed by atoms with Crippen LogP contribution in [0.4, 0.5) is 0 Å². The molecular weight excluding hydrogens is 260 g/mol. The van der Waals surface area contributed by atoms with E-state index < -0.39 is 12.0 Å². The molecule has 1 saturated heterocycles. The number of rotatable bonds is 8. The van der Waals surface area contributed by atoms with Crippen molar-refractivity contribution in [2.75, 3.05) is 26.8 Å². The molecule has 20 heavy (non-hydrogen) atoms. The molecule has 0 aromatic rings. The van der Waals surface area contributed by atoms with E-state index in [-0.39, 0.29) is 12.3 Å². The summed E-state index contributed by atoms with van der Waals surface area (Å²) in [6.45, 7) is 2.01. The number of ether oxygens (including phenoxy) is 1. The van der Waals surface area contributed by atoms with E-state index in [4.69, 9.17) is 15.6 Å². The molecule has 116 valence electrons. The van der Waals surface area contributed by atoms with Crippen LogP contribution in [0.15, 0.2) is 0 Å². The zero-order valence-electron chi connectivity index (χ0n) is 12.2. The largest absolute Gasteiger partial charge is 0.481 e. The van der Waals surface area contributed by atoms with Gasteiger partial charge in [0.15, 0.2) is 0 Å². The lowest BCUT2D eigenvalue weighted by molar-refractivity contribution is -0.138. The average molecular weight is 286 g/mol. The highest BCUT2D eigenvalue weighted by molar-refractivity contribution is 5.81. The van der Waals surface area contributed by atoms with Crippen LogP contribution in [0, 0.1) is 5.92 Å². The minimum Gasteiger partial charge on any atom is -0.481 e. The minimum atomic E-state index is -0.747. The Morgan fingerprint density at radius 1 is 1.40 bits per heavy atom. The summed E-state index contributed by atoms with van der Waals surface area (Å²) >= 11 is 0. The van der Waals surface area contributed by atoms with Gasteiger partial charge in [0.2, 0.25) is 5.91 Å². The summed E-state index contributed by atoms with van der Waals surface area (Å²) < 4.78 is 4.95. The van der Waals surface area contributed by atoms with Gasteiger partial charge in [0, 0.05) is 33.2 Å². The molecule has 0 spiro atoms. The molecular formula is C14H26N2O4. The summed E-state index contributed by atoms with van der Waals surface area (Å²) in [6, 6.07) is -0.444. The van der Waals surface area contributed by atoms with Gasteiger partial charge in [0.05, 0.1) is 6.04 Å². The Bertz CT molecular complexity index is 314. The van der Waals surface area contributed by atoms with Crippen molar-refractivity contribution in [2.24, 2.45) is 11.7 Å². The molecule has 6 heteroatoms. The van der Waals surface area contributed by atoms with Crippen molar-refractivity contribution < 1.29 is 19.4 Å². The number of carbonyl (C=O) groups is 2. The van der Waals surface area contributed by atoms with Crippen LogP contribution in [-0.2, 0) is 14.3 Å². The maximum atomic E-state index is 12.1. The molecule has 1 rings (SSSR count). The molecule has 0 aliphatic carbocycles. The second kappa shape index (κ2) is 8.92. The van der Waals surface area contributed by atoms with Crippen LogP contribution in [0.1, 0.15) is 38.5 Å². The molecule has 6 nitrogen and oxygen atoms in total. The number of carboxylic acids is 1. The summed E-state index contributed by atoms with van der Waals surface area (Å²) in [6.07, 6.45) is 4.12. The number of nitrogens with zero attached hydrogens (tertiary/aromatic N) is 1. The number of carboxylic acid groups (broad SMARTS) is 1. The molecule has 0 bridgehead atoms. The zero-order valence-corrected chi connectivity index (χ0v) is 12.2. The summed E-state index contributed by atoms with van der Waals surface area (Å²) in [5.41, 5.74) is 5.90. The first-order valence-corrected chi connectivity index (χ1v) is 7.29. The number of carbonyl (C=O) groups excluding carboxylic acids is 1. The van der Waals surface area contributed by atoms with Crippen molar-refractivity contribution in [1.29, 1.82) is 0 Å². The van der Waals surface area contributed by atoms with E-state index >= 15 is 0 Å². The molecule has 3 N–H and O–H groups in total. The van der Waals surface area contributed by atoms with E-state index in [1.54, 1.807) is 7.11 Å². The Balaban J connectivity index is 2.26. The minimum absolute atomic E-state index is 0.0118. The van der Waals surface area contributed by atoms with Crippen molar-refractivity contribution in [1.82, 2.24) is 4.90 Å². The second-order valence-electron chi connectivity index (χ2n) is 5.44. The first kappa shape index (κ1) is 16.9. The second-order valence-corrected chi connectivity index (χ2v) is 5.44. The van der Waals surface area contributed by atoms with E-state index in [0.717, 1.165) is 19.3 Å². The summed E-state index contributed by atoms with van der Waals surface area (Å²) in [4.78, 5) is 24.5. The normalized spacial score (nSPS) is 18.0. The number of likely N-dealkylation sites (tertiary alicyclic amines) is 1. The van der Waals surface area contributed by atoms with Crippen LogP contribution >= 0.6 is 0 Å². The average Bonchev–Trinajstić information content (AvgIpc) is 2.45. The van der Waals surface area contributed by atoms with Crippen LogP contribution in [0.25, 0.3) is 0 Å².